The van der Waals surface area contributed by atoms with Gasteiger partial charge in [-0.1, -0.05) is 41.4 Å². The summed E-state index contributed by atoms with van der Waals surface area (Å²) in [6, 6.07) is 7.54. The zero-order chi connectivity index (χ0) is 10.8. The molecule has 1 aromatic heterocycles. The number of benzene rings is 1. The zero-order valence-corrected chi connectivity index (χ0v) is 8.79. The van der Waals surface area contributed by atoms with Crippen LogP contribution in [0.25, 0.3) is 11.3 Å². The highest BCUT2D eigenvalue weighted by Crippen LogP contribution is 2.24. The molecular formula is C11H8ClFN2. The smallest absolute Gasteiger partial charge is 0.209 e. The third-order valence-corrected chi connectivity index (χ3v) is 2.32. The fourth-order valence-corrected chi connectivity index (χ4v) is 1.46. The van der Waals surface area contributed by atoms with E-state index in [-0.39, 0.29) is 0 Å². The Bertz CT molecular complexity index is 482. The minimum Gasteiger partial charge on any atom is -0.209 e. The molecule has 0 aliphatic rings. The molecule has 0 radical (unpaired) electrons. The van der Waals surface area contributed by atoms with Crippen LogP contribution in [0.3, 0.4) is 0 Å². The highest BCUT2D eigenvalue weighted by atomic mass is 35.5. The second-order valence-electron chi connectivity index (χ2n) is 3.20. The SMILES string of the molecule is Cc1ccc(-c2nc(F)ncc2Cl)cc1. The van der Waals surface area contributed by atoms with Crippen molar-refractivity contribution in [2.75, 3.05) is 0 Å². The molecule has 1 heterocycles. The summed E-state index contributed by atoms with van der Waals surface area (Å²) in [5.41, 5.74) is 2.33. The predicted molar refractivity (Wildman–Crippen MR) is 57.2 cm³/mol. The topological polar surface area (TPSA) is 25.8 Å². The fraction of sp³-hybridized carbons (Fsp3) is 0.0909. The van der Waals surface area contributed by atoms with E-state index >= 15 is 0 Å². The van der Waals surface area contributed by atoms with E-state index in [1.807, 2.05) is 31.2 Å². The Morgan fingerprint density at radius 2 is 1.87 bits per heavy atom. The number of halogens is 2. The molecule has 0 aliphatic heterocycles. The number of aromatic nitrogens is 2. The van der Waals surface area contributed by atoms with Crippen molar-refractivity contribution in [1.82, 2.24) is 9.97 Å². The van der Waals surface area contributed by atoms with Crippen molar-refractivity contribution in [2.24, 2.45) is 0 Å². The summed E-state index contributed by atoms with van der Waals surface area (Å²) in [6.07, 6.45) is 0.494. The van der Waals surface area contributed by atoms with Crippen molar-refractivity contribution in [2.45, 2.75) is 6.92 Å². The molecule has 0 saturated heterocycles. The van der Waals surface area contributed by atoms with Crippen LogP contribution in [0.1, 0.15) is 5.56 Å². The molecule has 0 bridgehead atoms. The minimum absolute atomic E-state index is 0.347. The fourth-order valence-electron chi connectivity index (χ4n) is 1.26. The molecule has 0 N–H and O–H groups in total. The third-order valence-electron chi connectivity index (χ3n) is 2.04. The van der Waals surface area contributed by atoms with Crippen LogP contribution in [0, 0.1) is 13.0 Å². The lowest BCUT2D eigenvalue weighted by molar-refractivity contribution is 0.540. The second-order valence-corrected chi connectivity index (χ2v) is 3.61. The van der Waals surface area contributed by atoms with Gasteiger partial charge in [0.05, 0.1) is 16.9 Å². The van der Waals surface area contributed by atoms with Crippen LogP contribution in [0.15, 0.2) is 30.5 Å². The van der Waals surface area contributed by atoms with Gasteiger partial charge in [0.25, 0.3) is 0 Å². The van der Waals surface area contributed by atoms with Gasteiger partial charge in [-0.15, -0.1) is 0 Å². The van der Waals surface area contributed by atoms with Crippen molar-refractivity contribution in [3.05, 3.63) is 47.1 Å². The third kappa shape index (κ3) is 2.13. The Balaban J connectivity index is 2.53. The van der Waals surface area contributed by atoms with E-state index in [0.717, 1.165) is 11.1 Å². The highest BCUT2D eigenvalue weighted by Gasteiger charge is 2.07. The number of hydrogen-bond donors (Lipinski definition) is 0. The quantitative estimate of drug-likeness (QED) is 0.693. The molecule has 2 aromatic rings. The van der Waals surface area contributed by atoms with Crippen molar-refractivity contribution in [3.63, 3.8) is 0 Å². The van der Waals surface area contributed by atoms with Crippen LogP contribution >= 0.6 is 11.6 Å². The Hall–Kier alpha value is -1.48. The van der Waals surface area contributed by atoms with Crippen LogP contribution in [0.2, 0.25) is 5.02 Å². The van der Waals surface area contributed by atoms with Gasteiger partial charge in [-0.2, -0.15) is 4.39 Å². The van der Waals surface area contributed by atoms with Crippen molar-refractivity contribution >= 4 is 11.6 Å². The van der Waals surface area contributed by atoms with Gasteiger partial charge in [-0.05, 0) is 6.92 Å². The largest absolute Gasteiger partial charge is 0.309 e. The number of aryl methyl sites for hydroxylation is 1. The van der Waals surface area contributed by atoms with Crippen LogP contribution in [-0.2, 0) is 0 Å². The summed E-state index contributed by atoms with van der Waals surface area (Å²) in [7, 11) is 0. The molecule has 15 heavy (non-hydrogen) atoms. The summed E-state index contributed by atoms with van der Waals surface area (Å²) < 4.78 is 12.8. The predicted octanol–water partition coefficient (Wildman–Crippen LogP) is 3.24. The first-order valence-corrected chi connectivity index (χ1v) is 4.79. The van der Waals surface area contributed by atoms with Gasteiger partial charge in [-0.3, -0.25) is 0 Å². The van der Waals surface area contributed by atoms with Gasteiger partial charge < -0.3 is 0 Å². The normalized spacial score (nSPS) is 10.3. The monoisotopic (exact) mass is 222 g/mol. The van der Waals surface area contributed by atoms with E-state index in [1.165, 1.54) is 6.20 Å². The summed E-state index contributed by atoms with van der Waals surface area (Å²) in [4.78, 5) is 7.04. The van der Waals surface area contributed by atoms with E-state index in [4.69, 9.17) is 11.6 Å². The summed E-state index contributed by atoms with van der Waals surface area (Å²) in [5.74, 6) is 0. The first-order chi connectivity index (χ1) is 7.16. The van der Waals surface area contributed by atoms with Gasteiger partial charge >= 0.3 is 6.08 Å². The van der Waals surface area contributed by atoms with E-state index < -0.39 is 6.08 Å². The minimum atomic E-state index is -0.769. The van der Waals surface area contributed by atoms with E-state index in [9.17, 15) is 4.39 Å². The molecule has 0 amide bonds. The lowest BCUT2D eigenvalue weighted by Crippen LogP contribution is -1.92. The zero-order valence-electron chi connectivity index (χ0n) is 8.04. The lowest BCUT2D eigenvalue weighted by atomic mass is 10.1. The molecule has 0 unspecified atom stereocenters. The lowest BCUT2D eigenvalue weighted by Gasteiger charge is -2.03. The standard InChI is InChI=1S/C11H8ClFN2/c1-7-2-4-8(5-3-7)10-9(12)6-14-11(13)15-10/h2-6H,1H3. The molecule has 0 aliphatic carbocycles. The van der Waals surface area contributed by atoms with Crippen LogP contribution in [-0.4, -0.2) is 9.97 Å². The maximum atomic E-state index is 12.8. The van der Waals surface area contributed by atoms with E-state index in [0.29, 0.717) is 10.7 Å². The van der Waals surface area contributed by atoms with Gasteiger partial charge in [0.1, 0.15) is 0 Å². The molecule has 0 spiro atoms. The van der Waals surface area contributed by atoms with Crippen LogP contribution in [0.5, 0.6) is 0 Å². The van der Waals surface area contributed by atoms with Gasteiger partial charge in [0.15, 0.2) is 0 Å². The van der Waals surface area contributed by atoms with E-state index in [2.05, 4.69) is 9.97 Å². The van der Waals surface area contributed by atoms with Gasteiger partial charge in [0.2, 0.25) is 0 Å². The summed E-state index contributed by atoms with van der Waals surface area (Å²) >= 11 is 5.88. The summed E-state index contributed by atoms with van der Waals surface area (Å²) in [5, 5.41) is 0.347. The molecule has 0 atom stereocenters. The number of rotatable bonds is 1. The molecule has 0 saturated carbocycles. The molecule has 1 aromatic carbocycles. The molecule has 2 rings (SSSR count). The molecule has 2 nitrogen and oxygen atoms in total. The maximum absolute atomic E-state index is 12.8. The molecular weight excluding hydrogens is 215 g/mol. The molecule has 76 valence electrons. The van der Waals surface area contributed by atoms with Gasteiger partial charge in [-0.25, -0.2) is 9.97 Å². The maximum Gasteiger partial charge on any atom is 0.309 e. The Morgan fingerprint density at radius 1 is 1.20 bits per heavy atom. The molecule has 0 fully saturated rings. The highest BCUT2D eigenvalue weighted by molar-refractivity contribution is 6.32. The second kappa shape index (κ2) is 3.95. The number of nitrogens with zero attached hydrogens (tertiary/aromatic N) is 2. The Labute approximate surface area is 91.8 Å². The molecule has 4 heteroatoms. The van der Waals surface area contributed by atoms with Gasteiger partial charge in [0, 0.05) is 5.56 Å². The van der Waals surface area contributed by atoms with Crippen LogP contribution < -0.4 is 0 Å². The van der Waals surface area contributed by atoms with Crippen molar-refractivity contribution < 1.29 is 4.39 Å². The number of hydrogen-bond acceptors (Lipinski definition) is 2. The Morgan fingerprint density at radius 3 is 2.53 bits per heavy atom. The van der Waals surface area contributed by atoms with Crippen molar-refractivity contribution in [1.29, 1.82) is 0 Å². The average Bonchev–Trinajstić information content (AvgIpc) is 2.23. The first kappa shape index (κ1) is 10.1. The first-order valence-electron chi connectivity index (χ1n) is 4.42. The van der Waals surface area contributed by atoms with E-state index in [1.54, 1.807) is 0 Å². The average molecular weight is 223 g/mol. The van der Waals surface area contributed by atoms with Crippen LogP contribution in [0.4, 0.5) is 4.39 Å². The summed E-state index contributed by atoms with van der Waals surface area (Å²) in [6.45, 7) is 1.98. The van der Waals surface area contributed by atoms with Crippen molar-refractivity contribution in [3.8, 4) is 11.3 Å². The Kier molecular flexibility index (Phi) is 2.64.